The van der Waals surface area contributed by atoms with E-state index < -0.39 is 18.1 Å². The maximum atomic E-state index is 12.4. The zero-order chi connectivity index (χ0) is 17.6. The maximum Gasteiger partial charge on any atom is 0.249 e. The number of nitrogens with one attached hydrogen (secondary N) is 2. The number of thiazole rings is 1. The Bertz CT molecular complexity index is 528. The molecule has 0 aliphatic rings. The molecule has 0 aromatic carbocycles. The second kappa shape index (κ2) is 8.98. The maximum absolute atomic E-state index is 12.4. The van der Waals surface area contributed by atoms with Crippen LogP contribution >= 0.6 is 11.3 Å². The Hall–Kier alpha value is -1.47. The molecule has 1 aromatic rings. The van der Waals surface area contributed by atoms with Crippen molar-refractivity contribution in [2.45, 2.75) is 65.5 Å². The van der Waals surface area contributed by atoms with Gasteiger partial charge in [0.2, 0.25) is 11.8 Å². The molecule has 0 aliphatic heterocycles. The summed E-state index contributed by atoms with van der Waals surface area (Å²) in [7, 11) is 0. The van der Waals surface area contributed by atoms with E-state index >= 15 is 0 Å². The number of nitrogens with zero attached hydrogens (tertiary/aromatic N) is 1. The average molecular weight is 341 g/mol. The molecule has 0 bridgehead atoms. The summed E-state index contributed by atoms with van der Waals surface area (Å²) in [4.78, 5) is 29.6. The van der Waals surface area contributed by atoms with Crippen LogP contribution in [-0.2, 0) is 9.59 Å². The summed E-state index contributed by atoms with van der Waals surface area (Å²) in [6, 6.07) is -0.674. The lowest BCUT2D eigenvalue weighted by molar-refractivity contribution is -0.134. The van der Waals surface area contributed by atoms with Crippen molar-refractivity contribution in [1.82, 2.24) is 10.3 Å². The number of carbonyl (C=O) groups is 2. The molecule has 130 valence electrons. The van der Waals surface area contributed by atoms with Crippen LogP contribution in [0.2, 0.25) is 0 Å². The van der Waals surface area contributed by atoms with Crippen LogP contribution in [0.25, 0.3) is 0 Å². The molecular weight excluding hydrogens is 314 g/mol. The normalized spacial score (nSPS) is 13.9. The van der Waals surface area contributed by atoms with E-state index in [1.165, 1.54) is 11.3 Å². The molecular formula is C16H27N3O3S. The quantitative estimate of drug-likeness (QED) is 0.677. The lowest BCUT2D eigenvalue weighted by atomic mass is 10.1. The van der Waals surface area contributed by atoms with Crippen LogP contribution in [0.5, 0.6) is 0 Å². The molecule has 3 N–H and O–H groups in total. The average Bonchev–Trinajstić information content (AvgIpc) is 2.94. The number of rotatable bonds is 8. The van der Waals surface area contributed by atoms with E-state index in [2.05, 4.69) is 29.5 Å². The molecule has 0 spiro atoms. The first-order valence-corrected chi connectivity index (χ1v) is 8.82. The number of amides is 2. The lowest BCUT2D eigenvalue weighted by Crippen LogP contribution is -2.48. The first-order chi connectivity index (χ1) is 10.8. The fraction of sp³-hybridized carbons (Fsp3) is 0.688. The number of carbonyl (C=O) groups excluding carboxylic acids is 2. The topological polar surface area (TPSA) is 91.3 Å². The van der Waals surface area contributed by atoms with Crippen LogP contribution in [0.1, 0.15) is 58.3 Å². The summed E-state index contributed by atoms with van der Waals surface area (Å²) in [6.07, 6.45) is 1.88. The highest BCUT2D eigenvalue weighted by Crippen LogP contribution is 2.25. The van der Waals surface area contributed by atoms with Crippen molar-refractivity contribution in [3.05, 3.63) is 11.1 Å². The van der Waals surface area contributed by atoms with Crippen molar-refractivity contribution in [1.29, 1.82) is 0 Å². The van der Waals surface area contributed by atoms with E-state index in [9.17, 15) is 14.7 Å². The van der Waals surface area contributed by atoms with Crippen molar-refractivity contribution >= 4 is 28.3 Å². The number of hydrogen-bond acceptors (Lipinski definition) is 5. The van der Waals surface area contributed by atoms with E-state index in [0.717, 1.165) is 11.3 Å². The third-order valence-corrected chi connectivity index (χ3v) is 4.65. The second-order valence-electron chi connectivity index (χ2n) is 6.25. The fourth-order valence-corrected chi connectivity index (χ4v) is 2.74. The monoisotopic (exact) mass is 341 g/mol. The Balaban J connectivity index is 2.71. The van der Waals surface area contributed by atoms with Crippen molar-refractivity contribution in [2.75, 3.05) is 5.32 Å². The molecule has 1 heterocycles. The van der Waals surface area contributed by atoms with E-state index in [4.69, 9.17) is 0 Å². The van der Waals surface area contributed by atoms with Crippen molar-refractivity contribution in [2.24, 2.45) is 5.92 Å². The Morgan fingerprint density at radius 3 is 2.39 bits per heavy atom. The highest BCUT2D eigenvalue weighted by Gasteiger charge is 2.26. The first-order valence-electron chi connectivity index (χ1n) is 8.01. The molecule has 1 aromatic heterocycles. The van der Waals surface area contributed by atoms with Crippen LogP contribution in [-0.4, -0.2) is 34.1 Å². The molecule has 7 heteroatoms. The molecule has 2 amide bonds. The zero-order valence-corrected chi connectivity index (χ0v) is 15.2. The van der Waals surface area contributed by atoms with Gasteiger partial charge in [-0.15, -0.1) is 11.3 Å². The van der Waals surface area contributed by atoms with Gasteiger partial charge in [0.05, 0.1) is 0 Å². The molecule has 0 unspecified atom stereocenters. The summed E-state index contributed by atoms with van der Waals surface area (Å²) < 4.78 is 0. The number of anilines is 1. The van der Waals surface area contributed by atoms with Gasteiger partial charge in [-0.25, -0.2) is 4.98 Å². The Kier molecular flexibility index (Phi) is 7.64. The van der Waals surface area contributed by atoms with Gasteiger partial charge in [-0.05, 0) is 18.3 Å². The minimum absolute atomic E-state index is 0.201. The third-order valence-electron chi connectivity index (χ3n) is 3.43. The van der Waals surface area contributed by atoms with Gasteiger partial charge in [0.25, 0.3) is 0 Å². The zero-order valence-electron chi connectivity index (χ0n) is 14.4. The van der Waals surface area contributed by atoms with Crippen LogP contribution in [0.4, 0.5) is 5.13 Å². The molecule has 0 radical (unpaired) electrons. The first kappa shape index (κ1) is 19.6. The van der Waals surface area contributed by atoms with Gasteiger partial charge in [0.15, 0.2) is 5.13 Å². The predicted octanol–water partition coefficient (Wildman–Crippen LogP) is 2.51. The molecule has 0 fully saturated rings. The van der Waals surface area contributed by atoms with Gasteiger partial charge < -0.3 is 15.7 Å². The van der Waals surface area contributed by atoms with Crippen molar-refractivity contribution in [3.63, 3.8) is 0 Å². The van der Waals surface area contributed by atoms with Crippen molar-refractivity contribution in [3.8, 4) is 0 Å². The summed E-state index contributed by atoms with van der Waals surface area (Å²) in [5.41, 5.74) is 0. The molecule has 0 saturated carbocycles. The molecule has 23 heavy (non-hydrogen) atoms. The van der Waals surface area contributed by atoms with E-state index in [-0.39, 0.29) is 11.8 Å². The molecule has 1 rings (SSSR count). The van der Waals surface area contributed by atoms with Crippen LogP contribution in [0, 0.1) is 5.92 Å². The van der Waals surface area contributed by atoms with Gasteiger partial charge >= 0.3 is 0 Å². The minimum Gasteiger partial charge on any atom is -0.383 e. The molecule has 2 atom stereocenters. The van der Waals surface area contributed by atoms with Gasteiger partial charge in [0.1, 0.15) is 12.1 Å². The van der Waals surface area contributed by atoms with E-state index in [0.29, 0.717) is 17.5 Å². The van der Waals surface area contributed by atoms with Gasteiger partial charge in [-0.2, -0.15) is 0 Å². The SMILES string of the molecule is CCC[C@H](NC(=O)[C@H](O)C(C)C)C(=O)Nc1ncc(C(C)C)s1. The molecule has 0 aliphatic carbocycles. The van der Waals surface area contributed by atoms with E-state index in [1.807, 2.05) is 6.92 Å². The fourth-order valence-electron chi connectivity index (χ4n) is 1.92. The largest absolute Gasteiger partial charge is 0.383 e. The van der Waals surface area contributed by atoms with E-state index in [1.54, 1.807) is 20.0 Å². The van der Waals surface area contributed by atoms with Crippen LogP contribution < -0.4 is 10.6 Å². The van der Waals surface area contributed by atoms with Crippen LogP contribution in [0.3, 0.4) is 0 Å². The van der Waals surface area contributed by atoms with Gasteiger partial charge in [-0.1, -0.05) is 41.0 Å². The smallest absolute Gasteiger partial charge is 0.249 e. The highest BCUT2D eigenvalue weighted by molar-refractivity contribution is 7.15. The van der Waals surface area contributed by atoms with Crippen LogP contribution in [0.15, 0.2) is 6.20 Å². The molecule has 6 nitrogen and oxygen atoms in total. The Labute approximate surface area is 141 Å². The van der Waals surface area contributed by atoms with Gasteiger partial charge in [0, 0.05) is 11.1 Å². The predicted molar refractivity (Wildman–Crippen MR) is 92.5 cm³/mol. The Morgan fingerprint density at radius 2 is 1.91 bits per heavy atom. The summed E-state index contributed by atoms with van der Waals surface area (Å²) in [5.74, 6) is -0.671. The van der Waals surface area contributed by atoms with Gasteiger partial charge in [-0.3, -0.25) is 9.59 Å². The number of aliphatic hydroxyl groups is 1. The Morgan fingerprint density at radius 1 is 1.26 bits per heavy atom. The standard InChI is InChI=1S/C16H27N3O3S/c1-6-7-11(18-15(22)13(20)10(4)5)14(21)19-16-17-8-12(23-16)9(2)3/h8-11,13,20H,6-7H2,1-5H3,(H,18,22)(H,17,19,21)/t11-,13+/m0/s1. The highest BCUT2D eigenvalue weighted by atomic mass is 32.1. The third kappa shape index (κ3) is 5.91. The van der Waals surface area contributed by atoms with Crippen molar-refractivity contribution < 1.29 is 14.7 Å². The summed E-state index contributed by atoms with van der Waals surface area (Å²) in [5, 5.41) is 15.7. The minimum atomic E-state index is -1.12. The molecule has 0 saturated heterocycles. The lowest BCUT2D eigenvalue weighted by Gasteiger charge is -2.20. The number of hydrogen-bond donors (Lipinski definition) is 3. The summed E-state index contributed by atoms with van der Waals surface area (Å²) in [6.45, 7) is 9.56. The number of aromatic nitrogens is 1. The second-order valence-corrected chi connectivity index (χ2v) is 7.31. The number of aliphatic hydroxyl groups excluding tert-OH is 1. The summed E-state index contributed by atoms with van der Waals surface area (Å²) >= 11 is 1.43.